The molecule has 0 unspecified atom stereocenters. The molecule has 2 heterocycles. The van der Waals surface area contributed by atoms with Crippen LogP contribution in [0.4, 0.5) is 24.7 Å². The Balaban J connectivity index is 1.93. The van der Waals surface area contributed by atoms with Crippen molar-refractivity contribution in [2.24, 2.45) is 9.98 Å². The maximum atomic E-state index is 13.2. The number of carbonyl (C=O) groups excluding carboxylic acids is 1. The van der Waals surface area contributed by atoms with Crippen molar-refractivity contribution in [1.82, 2.24) is 9.78 Å². The van der Waals surface area contributed by atoms with Gasteiger partial charge in [0.05, 0.1) is 29.6 Å². The highest BCUT2D eigenvalue weighted by Gasteiger charge is 2.30. The summed E-state index contributed by atoms with van der Waals surface area (Å²) in [5, 5.41) is 16.8. The van der Waals surface area contributed by atoms with E-state index < -0.39 is 12.7 Å². The summed E-state index contributed by atoms with van der Waals surface area (Å²) >= 11 is 6.22. The Labute approximate surface area is 235 Å². The van der Waals surface area contributed by atoms with Crippen LogP contribution in [0.5, 0.6) is 0 Å². The van der Waals surface area contributed by atoms with E-state index in [1.165, 1.54) is 31.5 Å². The number of aliphatic imine (C=N–C) groups is 2. The van der Waals surface area contributed by atoms with Crippen LogP contribution in [0.1, 0.15) is 30.0 Å². The van der Waals surface area contributed by atoms with Gasteiger partial charge in [-0.15, -0.1) is 0 Å². The number of nitrogens with zero attached hydrogens (tertiary/aromatic N) is 6. The topological polar surface area (TPSA) is 98.7 Å². The third kappa shape index (κ3) is 7.15. The molecule has 0 saturated heterocycles. The number of nitriles is 1. The minimum absolute atomic E-state index is 0.0111. The SMILES string of the molecule is C=C/C(=N\C(=NC)Nc1ccnn1CC(F)(F)F)c1cc(C#N)c2c(c1)CCN2C(=O)CC(/C=C\C)=C(\Cl)C=C. The van der Waals surface area contributed by atoms with E-state index in [9.17, 15) is 23.2 Å². The number of rotatable bonds is 8. The molecule has 40 heavy (non-hydrogen) atoms. The van der Waals surface area contributed by atoms with Crippen LogP contribution >= 0.6 is 11.6 Å². The zero-order chi connectivity index (χ0) is 29.4. The van der Waals surface area contributed by atoms with Crippen LogP contribution in [0, 0.1) is 11.3 Å². The lowest BCUT2D eigenvalue weighted by Crippen LogP contribution is -2.29. The van der Waals surface area contributed by atoms with Crippen molar-refractivity contribution in [3.8, 4) is 6.07 Å². The van der Waals surface area contributed by atoms with E-state index in [-0.39, 0.29) is 29.7 Å². The number of anilines is 2. The number of fused-ring (bicyclic) bond motifs is 1. The van der Waals surface area contributed by atoms with Crippen LogP contribution in [-0.4, -0.2) is 47.1 Å². The highest BCUT2D eigenvalue weighted by Crippen LogP contribution is 2.34. The number of hydrogen-bond acceptors (Lipinski definition) is 4. The lowest BCUT2D eigenvalue weighted by molar-refractivity contribution is -0.142. The van der Waals surface area contributed by atoms with Crippen molar-refractivity contribution in [2.75, 3.05) is 23.8 Å². The molecule has 3 rings (SSSR count). The first-order chi connectivity index (χ1) is 19.0. The number of alkyl halides is 3. The van der Waals surface area contributed by atoms with Crippen molar-refractivity contribution in [3.63, 3.8) is 0 Å². The molecule has 0 radical (unpaired) electrons. The first-order valence-corrected chi connectivity index (χ1v) is 12.5. The Hall–Kier alpha value is -4.43. The summed E-state index contributed by atoms with van der Waals surface area (Å²) in [6, 6.07) is 6.93. The van der Waals surface area contributed by atoms with E-state index in [0.29, 0.717) is 40.5 Å². The smallest absolute Gasteiger partial charge is 0.310 e. The molecule has 0 aliphatic carbocycles. The van der Waals surface area contributed by atoms with Crippen LogP contribution in [0.2, 0.25) is 0 Å². The number of nitrogens with one attached hydrogen (secondary N) is 1. The normalized spacial score (nSPS) is 14.6. The lowest BCUT2D eigenvalue weighted by Gasteiger charge is -2.20. The Morgan fingerprint density at radius 3 is 2.67 bits per heavy atom. The fourth-order valence-corrected chi connectivity index (χ4v) is 4.30. The number of amides is 1. The van der Waals surface area contributed by atoms with Gasteiger partial charge in [-0.2, -0.15) is 23.5 Å². The van der Waals surface area contributed by atoms with Crippen molar-refractivity contribution >= 4 is 40.7 Å². The lowest BCUT2D eigenvalue weighted by atomic mass is 10.00. The maximum absolute atomic E-state index is 13.2. The first-order valence-electron chi connectivity index (χ1n) is 12.1. The molecule has 0 bridgehead atoms. The van der Waals surface area contributed by atoms with Crippen LogP contribution in [0.25, 0.3) is 0 Å². The van der Waals surface area contributed by atoms with Crippen molar-refractivity contribution in [3.05, 3.63) is 89.2 Å². The second-order valence-corrected chi connectivity index (χ2v) is 8.96. The number of carbonyl (C=O) groups is 1. The third-order valence-electron chi connectivity index (χ3n) is 5.89. The van der Waals surface area contributed by atoms with Crippen LogP contribution in [0.3, 0.4) is 0 Å². The van der Waals surface area contributed by atoms with Crippen LogP contribution < -0.4 is 10.2 Å². The molecule has 0 atom stereocenters. The Bertz CT molecular complexity index is 1480. The molecule has 1 amide bonds. The number of guanidine groups is 1. The molecule has 0 spiro atoms. The highest BCUT2D eigenvalue weighted by molar-refractivity contribution is 6.32. The molecule has 0 saturated carbocycles. The summed E-state index contributed by atoms with van der Waals surface area (Å²) < 4.78 is 39.4. The molecular formula is C28H27ClF3N7O. The van der Waals surface area contributed by atoms with Crippen LogP contribution in [-0.2, 0) is 17.8 Å². The van der Waals surface area contributed by atoms with E-state index in [1.54, 1.807) is 23.1 Å². The van der Waals surface area contributed by atoms with Gasteiger partial charge in [-0.3, -0.25) is 9.79 Å². The quantitative estimate of drug-likeness (QED) is 0.242. The zero-order valence-corrected chi connectivity index (χ0v) is 22.7. The number of halogens is 4. The monoisotopic (exact) mass is 569 g/mol. The molecule has 2 aromatic rings. The van der Waals surface area contributed by atoms with Gasteiger partial charge in [-0.1, -0.05) is 43.0 Å². The first kappa shape index (κ1) is 30.1. The molecule has 8 nitrogen and oxygen atoms in total. The van der Waals surface area contributed by atoms with Gasteiger partial charge in [0.2, 0.25) is 11.9 Å². The summed E-state index contributed by atoms with van der Waals surface area (Å²) in [6.07, 6.45) is 3.76. The third-order valence-corrected chi connectivity index (χ3v) is 6.29. The minimum atomic E-state index is -4.46. The van der Waals surface area contributed by atoms with Gasteiger partial charge in [0.1, 0.15) is 18.4 Å². The fraction of sp³-hybridized carbons (Fsp3) is 0.250. The van der Waals surface area contributed by atoms with E-state index in [1.807, 2.05) is 13.0 Å². The molecule has 208 valence electrons. The van der Waals surface area contributed by atoms with Gasteiger partial charge < -0.3 is 10.2 Å². The Kier molecular flexibility index (Phi) is 9.85. The minimum Gasteiger partial charge on any atom is -0.310 e. The van der Waals surface area contributed by atoms with E-state index in [4.69, 9.17) is 11.6 Å². The average Bonchev–Trinajstić information content (AvgIpc) is 3.55. The summed E-state index contributed by atoms with van der Waals surface area (Å²) in [5.41, 5.74) is 3.04. The van der Waals surface area contributed by atoms with Crippen molar-refractivity contribution in [1.29, 1.82) is 5.26 Å². The molecule has 1 N–H and O–H groups in total. The predicted molar refractivity (Wildman–Crippen MR) is 152 cm³/mol. The Morgan fingerprint density at radius 2 is 2.08 bits per heavy atom. The summed E-state index contributed by atoms with van der Waals surface area (Å²) in [7, 11) is 1.43. The van der Waals surface area contributed by atoms with Crippen LogP contribution in [0.15, 0.2) is 82.4 Å². The molecule has 1 aliphatic rings. The summed E-state index contributed by atoms with van der Waals surface area (Å²) in [5.74, 6) is -0.153. The molecular weight excluding hydrogens is 543 g/mol. The maximum Gasteiger partial charge on any atom is 0.408 e. The number of allylic oxidation sites excluding steroid dienone is 5. The molecule has 1 aliphatic heterocycles. The summed E-state index contributed by atoms with van der Waals surface area (Å²) in [6.45, 7) is 8.37. The molecule has 1 aromatic heterocycles. The van der Waals surface area contributed by atoms with Gasteiger partial charge in [0.25, 0.3) is 0 Å². The predicted octanol–water partition coefficient (Wildman–Crippen LogP) is 5.92. The fourth-order valence-electron chi connectivity index (χ4n) is 4.17. The summed E-state index contributed by atoms with van der Waals surface area (Å²) in [4.78, 5) is 23.2. The van der Waals surface area contributed by atoms with Crippen molar-refractivity contribution in [2.45, 2.75) is 32.5 Å². The average molecular weight is 570 g/mol. The van der Waals surface area contributed by atoms with Crippen molar-refractivity contribution < 1.29 is 18.0 Å². The zero-order valence-electron chi connectivity index (χ0n) is 22.0. The standard InChI is InChI=1S/C28H27ClF3N7O/c1-5-8-18(22(29)6-2)15-25(40)38-12-10-19-13-20(14-21(16-33)26(19)38)23(7-3)36-27(34-4)37-24-9-11-35-39(24)17-28(30,31)32/h5-9,11,13-14H,2-3,10,12,15,17H2,1,4H3,(H,34,37)/b8-5-,22-18-,36-23+. The number of hydrogen-bond donors (Lipinski definition) is 1. The highest BCUT2D eigenvalue weighted by atomic mass is 35.5. The molecule has 12 heteroatoms. The molecule has 0 fully saturated rings. The van der Waals surface area contributed by atoms with Gasteiger partial charge in [-0.25, -0.2) is 9.67 Å². The Morgan fingerprint density at radius 1 is 1.32 bits per heavy atom. The number of benzene rings is 1. The van der Waals surface area contributed by atoms with E-state index in [0.717, 1.165) is 10.2 Å². The van der Waals surface area contributed by atoms with E-state index >= 15 is 0 Å². The largest absolute Gasteiger partial charge is 0.408 e. The van der Waals surface area contributed by atoms with Gasteiger partial charge in [0, 0.05) is 30.3 Å². The number of aromatic nitrogens is 2. The van der Waals surface area contributed by atoms with Gasteiger partial charge >= 0.3 is 6.18 Å². The van der Waals surface area contributed by atoms with Gasteiger partial charge in [0.15, 0.2) is 0 Å². The molecule has 1 aromatic carbocycles. The van der Waals surface area contributed by atoms with Gasteiger partial charge in [-0.05, 0) is 42.7 Å². The van der Waals surface area contributed by atoms with E-state index in [2.05, 4.69) is 39.6 Å². The second kappa shape index (κ2) is 13.1. The second-order valence-electron chi connectivity index (χ2n) is 8.56.